The Hall–Kier alpha value is -2.20. The minimum absolute atomic E-state index is 0.233. The monoisotopic (exact) mass is 432 g/mol. The van der Waals surface area contributed by atoms with Crippen molar-refractivity contribution in [2.75, 3.05) is 28.2 Å². The first-order chi connectivity index (χ1) is 13.0. The van der Waals surface area contributed by atoms with E-state index in [0.717, 1.165) is 29.0 Å². The van der Waals surface area contributed by atoms with Crippen LogP contribution in [0.2, 0.25) is 0 Å². The molecule has 2 aromatic carbocycles. The molecule has 0 aromatic heterocycles. The third-order valence-electron chi connectivity index (χ3n) is 3.61. The van der Waals surface area contributed by atoms with Gasteiger partial charge in [-0.3, -0.25) is 9.10 Å². The van der Waals surface area contributed by atoms with Gasteiger partial charge in [0.2, 0.25) is 15.9 Å². The Kier molecular flexibility index (Phi) is 7.00. The van der Waals surface area contributed by atoms with Gasteiger partial charge in [-0.05, 0) is 36.1 Å². The number of hydrogen-bond donors (Lipinski definition) is 1. The SMILES string of the molecule is CCSc1ccccc1NC(=O)CN(c1cccc(C(F)(F)F)c1)S(C)(=O)=O. The van der Waals surface area contributed by atoms with Crippen LogP contribution in [0, 0.1) is 0 Å². The molecule has 1 N–H and O–H groups in total. The first kappa shape index (κ1) is 22.1. The second kappa shape index (κ2) is 8.87. The molecule has 1 amide bonds. The van der Waals surface area contributed by atoms with Crippen molar-refractivity contribution < 1.29 is 26.4 Å². The van der Waals surface area contributed by atoms with Gasteiger partial charge in [-0.1, -0.05) is 25.1 Å². The molecule has 0 spiro atoms. The fourth-order valence-electron chi connectivity index (χ4n) is 2.41. The van der Waals surface area contributed by atoms with Crippen LogP contribution in [0.5, 0.6) is 0 Å². The van der Waals surface area contributed by atoms with E-state index in [0.29, 0.717) is 16.1 Å². The summed E-state index contributed by atoms with van der Waals surface area (Å²) in [6.07, 6.45) is -3.79. The number of anilines is 2. The van der Waals surface area contributed by atoms with Crippen molar-refractivity contribution in [1.29, 1.82) is 0 Å². The van der Waals surface area contributed by atoms with E-state index < -0.39 is 34.2 Å². The summed E-state index contributed by atoms with van der Waals surface area (Å²) in [5.41, 5.74) is -0.718. The van der Waals surface area contributed by atoms with Crippen LogP contribution in [0.15, 0.2) is 53.4 Å². The van der Waals surface area contributed by atoms with Gasteiger partial charge in [0.05, 0.1) is 23.2 Å². The van der Waals surface area contributed by atoms with E-state index in [9.17, 15) is 26.4 Å². The summed E-state index contributed by atoms with van der Waals surface area (Å²) < 4.78 is 63.7. The molecule has 0 saturated carbocycles. The number of nitrogens with one attached hydrogen (secondary N) is 1. The first-order valence-electron chi connectivity index (χ1n) is 8.19. The number of rotatable bonds is 7. The van der Waals surface area contributed by atoms with Gasteiger partial charge in [0, 0.05) is 4.90 Å². The second-order valence-corrected chi connectivity index (χ2v) is 9.01. The molecule has 0 aliphatic carbocycles. The van der Waals surface area contributed by atoms with Gasteiger partial charge in [-0.15, -0.1) is 11.8 Å². The summed E-state index contributed by atoms with van der Waals surface area (Å²) in [4.78, 5) is 13.2. The maximum Gasteiger partial charge on any atom is 0.416 e. The normalized spacial score (nSPS) is 11.9. The Bertz CT molecular complexity index is 947. The number of para-hydroxylation sites is 1. The maximum atomic E-state index is 12.9. The second-order valence-electron chi connectivity index (χ2n) is 5.80. The minimum atomic E-state index is -4.63. The zero-order chi connectivity index (χ0) is 20.9. The van der Waals surface area contributed by atoms with Crippen LogP contribution in [0.4, 0.5) is 24.5 Å². The average Bonchev–Trinajstić information content (AvgIpc) is 2.60. The van der Waals surface area contributed by atoms with Crippen LogP contribution in [0.3, 0.4) is 0 Å². The lowest BCUT2D eigenvalue weighted by molar-refractivity contribution is -0.137. The predicted octanol–water partition coefficient (Wildman–Crippen LogP) is 4.22. The van der Waals surface area contributed by atoms with Crippen LogP contribution in [-0.2, 0) is 21.0 Å². The lowest BCUT2D eigenvalue weighted by Crippen LogP contribution is -2.37. The molecule has 0 unspecified atom stereocenters. The van der Waals surface area contributed by atoms with Gasteiger partial charge >= 0.3 is 6.18 Å². The number of hydrogen-bond acceptors (Lipinski definition) is 4. The number of benzene rings is 2. The molecular formula is C18H19F3N2O3S2. The molecule has 10 heteroatoms. The van der Waals surface area contributed by atoms with Crippen molar-refractivity contribution in [3.8, 4) is 0 Å². The predicted molar refractivity (Wildman–Crippen MR) is 105 cm³/mol. The Balaban J connectivity index is 2.28. The zero-order valence-corrected chi connectivity index (χ0v) is 16.8. The van der Waals surface area contributed by atoms with Crippen molar-refractivity contribution >= 4 is 39.1 Å². The number of nitrogens with zero attached hydrogens (tertiary/aromatic N) is 1. The van der Waals surface area contributed by atoms with Crippen molar-refractivity contribution in [3.63, 3.8) is 0 Å². The molecule has 5 nitrogen and oxygen atoms in total. The van der Waals surface area contributed by atoms with Crippen LogP contribution >= 0.6 is 11.8 Å². The third kappa shape index (κ3) is 5.90. The summed E-state index contributed by atoms with van der Waals surface area (Å²) >= 11 is 1.50. The molecular weight excluding hydrogens is 413 g/mol. The number of carbonyl (C=O) groups is 1. The zero-order valence-electron chi connectivity index (χ0n) is 15.2. The first-order valence-corrected chi connectivity index (χ1v) is 11.0. The lowest BCUT2D eigenvalue weighted by atomic mass is 10.2. The number of amides is 1. The van der Waals surface area contributed by atoms with Crippen LogP contribution < -0.4 is 9.62 Å². The van der Waals surface area contributed by atoms with Gasteiger partial charge in [-0.25, -0.2) is 8.42 Å². The highest BCUT2D eigenvalue weighted by atomic mass is 32.2. The van der Waals surface area contributed by atoms with E-state index in [1.807, 2.05) is 13.0 Å². The van der Waals surface area contributed by atoms with Crippen molar-refractivity contribution in [3.05, 3.63) is 54.1 Å². The molecule has 152 valence electrons. The van der Waals surface area contributed by atoms with E-state index in [4.69, 9.17) is 0 Å². The van der Waals surface area contributed by atoms with E-state index in [-0.39, 0.29) is 5.69 Å². The molecule has 0 radical (unpaired) electrons. The van der Waals surface area contributed by atoms with E-state index in [1.54, 1.807) is 18.2 Å². The molecule has 0 aliphatic heterocycles. The highest BCUT2D eigenvalue weighted by molar-refractivity contribution is 7.99. The largest absolute Gasteiger partial charge is 0.416 e. The van der Waals surface area contributed by atoms with Crippen LogP contribution in [0.25, 0.3) is 0 Å². The Morgan fingerprint density at radius 1 is 1.14 bits per heavy atom. The van der Waals surface area contributed by atoms with Gasteiger partial charge < -0.3 is 5.32 Å². The van der Waals surface area contributed by atoms with Gasteiger partial charge in [0.15, 0.2) is 0 Å². The average molecular weight is 432 g/mol. The molecule has 2 aromatic rings. The number of thioether (sulfide) groups is 1. The van der Waals surface area contributed by atoms with Crippen molar-refractivity contribution in [2.45, 2.75) is 18.0 Å². The van der Waals surface area contributed by atoms with Crippen molar-refractivity contribution in [1.82, 2.24) is 0 Å². The number of alkyl halides is 3. The Morgan fingerprint density at radius 3 is 2.43 bits per heavy atom. The third-order valence-corrected chi connectivity index (χ3v) is 5.71. The fourth-order valence-corrected chi connectivity index (χ4v) is 4.02. The molecule has 0 heterocycles. The minimum Gasteiger partial charge on any atom is -0.323 e. The molecule has 0 atom stereocenters. The lowest BCUT2D eigenvalue weighted by Gasteiger charge is -2.23. The number of halogens is 3. The molecule has 2 rings (SSSR count). The highest BCUT2D eigenvalue weighted by Crippen LogP contribution is 2.32. The number of carbonyl (C=O) groups excluding carboxylic acids is 1. The van der Waals surface area contributed by atoms with E-state index in [1.165, 1.54) is 17.8 Å². The van der Waals surface area contributed by atoms with E-state index >= 15 is 0 Å². The summed E-state index contributed by atoms with van der Waals surface area (Å²) in [5.74, 6) is 0.110. The number of sulfonamides is 1. The Morgan fingerprint density at radius 2 is 1.82 bits per heavy atom. The van der Waals surface area contributed by atoms with Crippen LogP contribution in [-0.4, -0.2) is 32.9 Å². The smallest absolute Gasteiger partial charge is 0.323 e. The molecule has 0 fully saturated rings. The summed E-state index contributed by atoms with van der Waals surface area (Å²) in [6, 6.07) is 10.9. The van der Waals surface area contributed by atoms with Gasteiger partial charge in [0.1, 0.15) is 6.54 Å². The van der Waals surface area contributed by atoms with Crippen LogP contribution in [0.1, 0.15) is 12.5 Å². The molecule has 0 saturated heterocycles. The Labute approximate surface area is 166 Å². The highest BCUT2D eigenvalue weighted by Gasteiger charge is 2.32. The van der Waals surface area contributed by atoms with E-state index in [2.05, 4.69) is 5.32 Å². The summed E-state index contributed by atoms with van der Waals surface area (Å²) in [7, 11) is -3.99. The molecule has 0 bridgehead atoms. The summed E-state index contributed by atoms with van der Waals surface area (Å²) in [5, 5.41) is 2.62. The molecule has 28 heavy (non-hydrogen) atoms. The quantitative estimate of drug-likeness (QED) is 0.666. The fraction of sp³-hybridized carbons (Fsp3) is 0.278. The van der Waals surface area contributed by atoms with Gasteiger partial charge in [-0.2, -0.15) is 13.2 Å². The topological polar surface area (TPSA) is 66.5 Å². The maximum absolute atomic E-state index is 12.9. The van der Waals surface area contributed by atoms with Crippen molar-refractivity contribution in [2.24, 2.45) is 0 Å². The molecule has 0 aliphatic rings. The van der Waals surface area contributed by atoms with Gasteiger partial charge in [0.25, 0.3) is 0 Å². The summed E-state index contributed by atoms with van der Waals surface area (Å²) in [6.45, 7) is 1.30. The standard InChI is InChI=1S/C18H19F3N2O3S2/c1-3-27-16-10-5-4-9-15(16)22-17(24)12-23(28(2,25)26)14-8-6-7-13(11-14)18(19,20)21/h4-11H,3,12H2,1-2H3,(H,22,24).